The Hall–Kier alpha value is -2.28. The monoisotopic (exact) mass is 270 g/mol. The molecule has 1 aliphatic heterocycles. The smallest absolute Gasteiger partial charge is 0.257 e. The van der Waals surface area contributed by atoms with Crippen LogP contribution < -0.4 is 5.32 Å². The predicted octanol–water partition coefficient (Wildman–Crippen LogP) is 2.87. The van der Waals surface area contributed by atoms with Gasteiger partial charge in [-0.25, -0.2) is 0 Å². The van der Waals surface area contributed by atoms with Crippen LogP contribution in [0.25, 0.3) is 0 Å². The van der Waals surface area contributed by atoms with Crippen molar-refractivity contribution in [2.45, 2.75) is 32.6 Å². The van der Waals surface area contributed by atoms with Gasteiger partial charge in [0.15, 0.2) is 0 Å². The minimum absolute atomic E-state index is 0.0556. The van der Waals surface area contributed by atoms with Crippen LogP contribution in [0.1, 0.15) is 43.1 Å². The van der Waals surface area contributed by atoms with E-state index in [1.54, 1.807) is 12.1 Å². The van der Waals surface area contributed by atoms with E-state index in [-0.39, 0.29) is 17.2 Å². The maximum absolute atomic E-state index is 12.1. The number of hydrogen-bond acceptors (Lipinski definition) is 3. The van der Waals surface area contributed by atoms with Crippen molar-refractivity contribution in [2.24, 2.45) is 0 Å². The zero-order chi connectivity index (χ0) is 14.8. The standard InChI is InChI=1S/C16H18N2O2/c1-16(2,3)13-6-4-11(5-7-13)14(19)18-15-12(10-17)8-9-20-15/h4-7H,8-9H2,1-3H3,(H,18,19). The molecular weight excluding hydrogens is 252 g/mol. The molecule has 0 saturated heterocycles. The number of nitrogens with zero attached hydrogens (tertiary/aromatic N) is 1. The molecule has 0 fully saturated rings. The summed E-state index contributed by atoms with van der Waals surface area (Å²) < 4.78 is 5.25. The second kappa shape index (κ2) is 5.38. The van der Waals surface area contributed by atoms with Crippen molar-refractivity contribution in [3.05, 3.63) is 46.8 Å². The number of hydrogen-bond donors (Lipinski definition) is 1. The highest BCUT2D eigenvalue weighted by Gasteiger charge is 2.19. The third kappa shape index (κ3) is 3.00. The minimum Gasteiger partial charge on any atom is -0.478 e. The van der Waals surface area contributed by atoms with Crippen LogP contribution in [0.15, 0.2) is 35.7 Å². The molecule has 4 nitrogen and oxygen atoms in total. The normalized spacial score (nSPS) is 14.7. The van der Waals surface area contributed by atoms with Gasteiger partial charge >= 0.3 is 0 Å². The summed E-state index contributed by atoms with van der Waals surface area (Å²) in [7, 11) is 0. The van der Waals surface area contributed by atoms with Gasteiger partial charge in [-0.1, -0.05) is 32.9 Å². The first-order chi connectivity index (χ1) is 9.41. The largest absolute Gasteiger partial charge is 0.478 e. The fourth-order valence-electron chi connectivity index (χ4n) is 1.97. The summed E-state index contributed by atoms with van der Waals surface area (Å²) >= 11 is 0. The molecule has 4 heteroatoms. The number of nitriles is 1. The minimum atomic E-state index is -0.255. The molecule has 1 aromatic rings. The van der Waals surface area contributed by atoms with E-state index < -0.39 is 0 Å². The predicted molar refractivity (Wildman–Crippen MR) is 75.8 cm³/mol. The van der Waals surface area contributed by atoms with E-state index in [9.17, 15) is 4.79 Å². The Morgan fingerprint density at radius 3 is 2.50 bits per heavy atom. The second-order valence-electron chi connectivity index (χ2n) is 5.80. The van der Waals surface area contributed by atoms with Gasteiger partial charge in [0, 0.05) is 12.0 Å². The lowest BCUT2D eigenvalue weighted by Crippen LogP contribution is -2.24. The average Bonchev–Trinajstić information content (AvgIpc) is 2.85. The molecule has 1 heterocycles. The van der Waals surface area contributed by atoms with Gasteiger partial charge in [-0.3, -0.25) is 10.1 Å². The number of rotatable bonds is 2. The van der Waals surface area contributed by atoms with Gasteiger partial charge < -0.3 is 4.74 Å². The molecule has 0 spiro atoms. The number of carbonyl (C=O) groups excluding carboxylic acids is 1. The van der Waals surface area contributed by atoms with Crippen molar-refractivity contribution in [3.63, 3.8) is 0 Å². The number of carbonyl (C=O) groups is 1. The van der Waals surface area contributed by atoms with E-state index in [1.165, 1.54) is 5.56 Å². The molecule has 104 valence electrons. The first-order valence-electron chi connectivity index (χ1n) is 6.60. The summed E-state index contributed by atoms with van der Waals surface area (Å²) in [6.07, 6.45) is 0.551. The third-order valence-electron chi connectivity index (χ3n) is 3.25. The van der Waals surface area contributed by atoms with Crippen molar-refractivity contribution >= 4 is 5.91 Å². The highest BCUT2D eigenvalue weighted by Crippen LogP contribution is 2.22. The first-order valence-corrected chi connectivity index (χ1v) is 6.60. The van der Waals surface area contributed by atoms with Gasteiger partial charge in [-0.15, -0.1) is 0 Å². The molecule has 0 saturated carbocycles. The van der Waals surface area contributed by atoms with Gasteiger partial charge in [-0.05, 0) is 23.1 Å². The van der Waals surface area contributed by atoms with Gasteiger partial charge in [0.2, 0.25) is 5.88 Å². The van der Waals surface area contributed by atoms with E-state index in [4.69, 9.17) is 10.00 Å². The maximum atomic E-state index is 12.1. The number of benzene rings is 1. The second-order valence-corrected chi connectivity index (χ2v) is 5.80. The lowest BCUT2D eigenvalue weighted by Gasteiger charge is -2.19. The van der Waals surface area contributed by atoms with E-state index in [1.807, 2.05) is 18.2 Å². The summed E-state index contributed by atoms with van der Waals surface area (Å²) in [5.41, 5.74) is 2.27. The zero-order valence-corrected chi connectivity index (χ0v) is 12.0. The molecular formula is C16H18N2O2. The molecule has 0 aliphatic carbocycles. The van der Waals surface area contributed by atoms with Crippen LogP contribution in [-0.4, -0.2) is 12.5 Å². The van der Waals surface area contributed by atoms with Crippen molar-refractivity contribution < 1.29 is 9.53 Å². The Balaban J connectivity index is 2.13. The van der Waals surface area contributed by atoms with Crippen LogP contribution in [0, 0.1) is 11.3 Å². The summed E-state index contributed by atoms with van der Waals surface area (Å²) in [5, 5.41) is 11.6. The number of ether oxygens (including phenoxy) is 1. The average molecular weight is 270 g/mol. The summed E-state index contributed by atoms with van der Waals surface area (Å²) in [6, 6.07) is 9.51. The first kappa shape index (κ1) is 14.1. The van der Waals surface area contributed by atoms with Crippen molar-refractivity contribution in [1.29, 1.82) is 5.26 Å². The molecule has 0 aromatic heterocycles. The molecule has 0 radical (unpaired) electrons. The molecule has 1 N–H and O–H groups in total. The van der Waals surface area contributed by atoms with E-state index in [0.29, 0.717) is 24.2 Å². The van der Waals surface area contributed by atoms with Crippen LogP contribution in [0.4, 0.5) is 0 Å². The van der Waals surface area contributed by atoms with Crippen LogP contribution in [0.2, 0.25) is 0 Å². The highest BCUT2D eigenvalue weighted by atomic mass is 16.5. The van der Waals surface area contributed by atoms with Crippen molar-refractivity contribution in [1.82, 2.24) is 5.32 Å². The molecule has 1 aliphatic rings. The zero-order valence-electron chi connectivity index (χ0n) is 12.0. The summed E-state index contributed by atoms with van der Waals surface area (Å²) in [4.78, 5) is 12.1. The lowest BCUT2D eigenvalue weighted by atomic mass is 9.87. The molecule has 1 aromatic carbocycles. The van der Waals surface area contributed by atoms with Gasteiger partial charge in [0.25, 0.3) is 5.91 Å². The van der Waals surface area contributed by atoms with E-state index in [2.05, 4.69) is 26.1 Å². The Bertz CT molecular complexity index is 586. The molecule has 2 rings (SSSR count). The van der Waals surface area contributed by atoms with Gasteiger partial charge in [0.05, 0.1) is 12.2 Å². The van der Waals surface area contributed by atoms with Crippen molar-refractivity contribution in [2.75, 3.05) is 6.61 Å². The van der Waals surface area contributed by atoms with Gasteiger partial charge in [-0.2, -0.15) is 5.26 Å². The van der Waals surface area contributed by atoms with Crippen LogP contribution in [0.5, 0.6) is 0 Å². The van der Waals surface area contributed by atoms with Crippen molar-refractivity contribution in [3.8, 4) is 6.07 Å². The Kier molecular flexibility index (Phi) is 3.80. The van der Waals surface area contributed by atoms with Crippen LogP contribution in [-0.2, 0) is 10.2 Å². The Morgan fingerprint density at radius 2 is 1.95 bits per heavy atom. The maximum Gasteiger partial charge on any atom is 0.257 e. The van der Waals surface area contributed by atoms with E-state index >= 15 is 0 Å². The molecule has 0 unspecified atom stereocenters. The summed E-state index contributed by atoms with van der Waals surface area (Å²) in [6.45, 7) is 6.82. The highest BCUT2D eigenvalue weighted by molar-refractivity contribution is 5.95. The third-order valence-corrected chi connectivity index (χ3v) is 3.25. The van der Waals surface area contributed by atoms with Crippen LogP contribution in [0.3, 0.4) is 0 Å². The van der Waals surface area contributed by atoms with Crippen LogP contribution >= 0.6 is 0 Å². The molecule has 20 heavy (non-hydrogen) atoms. The Labute approximate surface area is 119 Å². The molecule has 0 atom stereocenters. The lowest BCUT2D eigenvalue weighted by molar-refractivity contribution is 0.0930. The van der Waals surface area contributed by atoms with Gasteiger partial charge in [0.1, 0.15) is 6.07 Å². The fraction of sp³-hybridized carbons (Fsp3) is 0.375. The SMILES string of the molecule is CC(C)(C)c1ccc(C(=O)NC2=C(C#N)CCO2)cc1. The Morgan fingerprint density at radius 1 is 1.30 bits per heavy atom. The fourth-order valence-corrected chi connectivity index (χ4v) is 1.97. The van der Waals surface area contributed by atoms with E-state index in [0.717, 1.165) is 0 Å². The molecule has 0 bridgehead atoms. The number of nitrogens with one attached hydrogen (secondary N) is 1. The summed E-state index contributed by atoms with van der Waals surface area (Å²) in [5.74, 6) is 0.0347. The molecule has 1 amide bonds. The quantitative estimate of drug-likeness (QED) is 0.898. The number of amides is 1. The topological polar surface area (TPSA) is 62.1 Å².